The van der Waals surface area contributed by atoms with Crippen LogP contribution in [0.5, 0.6) is 0 Å². The lowest BCUT2D eigenvalue weighted by atomic mass is 9.95. The van der Waals surface area contributed by atoms with E-state index in [4.69, 9.17) is 11.6 Å². The molecule has 3 aromatic rings. The number of rotatable bonds is 7. The smallest absolute Gasteiger partial charge is 0.227 e. The number of aromatic nitrogens is 2. The van der Waals surface area contributed by atoms with Crippen molar-refractivity contribution >= 4 is 23.4 Å². The maximum atomic E-state index is 13.1. The average molecular weight is 451 g/mol. The summed E-state index contributed by atoms with van der Waals surface area (Å²) in [6.45, 7) is 1.63. The fourth-order valence-electron chi connectivity index (χ4n) is 4.09. The second kappa shape index (κ2) is 10.0. The molecule has 4 rings (SSSR count). The van der Waals surface area contributed by atoms with Crippen molar-refractivity contribution in [2.75, 3.05) is 20.1 Å². The van der Waals surface area contributed by atoms with Crippen LogP contribution in [0.3, 0.4) is 0 Å². The third-order valence-electron chi connectivity index (χ3n) is 5.93. The van der Waals surface area contributed by atoms with E-state index in [1.807, 2.05) is 72.7 Å². The maximum Gasteiger partial charge on any atom is 0.227 e. The van der Waals surface area contributed by atoms with Crippen LogP contribution in [0, 0.1) is 5.92 Å². The molecule has 0 radical (unpaired) electrons. The Morgan fingerprint density at radius 2 is 1.84 bits per heavy atom. The van der Waals surface area contributed by atoms with Crippen molar-refractivity contribution in [3.63, 3.8) is 0 Å². The van der Waals surface area contributed by atoms with Gasteiger partial charge in [-0.25, -0.2) is 4.68 Å². The van der Waals surface area contributed by atoms with Crippen LogP contribution in [0.4, 0.5) is 0 Å². The Morgan fingerprint density at radius 3 is 2.53 bits per heavy atom. The summed E-state index contributed by atoms with van der Waals surface area (Å²) in [6.07, 6.45) is 5.42. The van der Waals surface area contributed by atoms with Gasteiger partial charge >= 0.3 is 0 Å². The molecule has 1 saturated heterocycles. The van der Waals surface area contributed by atoms with E-state index in [1.165, 1.54) is 0 Å². The Morgan fingerprint density at radius 1 is 1.12 bits per heavy atom. The normalized spacial score (nSPS) is 16.2. The molecule has 0 N–H and O–H groups in total. The van der Waals surface area contributed by atoms with Gasteiger partial charge in [0.2, 0.25) is 11.8 Å². The van der Waals surface area contributed by atoms with Gasteiger partial charge in [-0.15, -0.1) is 0 Å². The summed E-state index contributed by atoms with van der Waals surface area (Å²) in [4.78, 5) is 29.1. The van der Waals surface area contributed by atoms with Crippen LogP contribution < -0.4 is 0 Å². The molecule has 1 atom stereocenters. The zero-order chi connectivity index (χ0) is 22.5. The van der Waals surface area contributed by atoms with E-state index in [1.54, 1.807) is 15.8 Å². The Balaban J connectivity index is 1.32. The molecule has 2 amide bonds. The highest BCUT2D eigenvalue weighted by Crippen LogP contribution is 2.21. The van der Waals surface area contributed by atoms with Gasteiger partial charge in [0.25, 0.3) is 0 Å². The van der Waals surface area contributed by atoms with Crippen molar-refractivity contribution in [3.05, 3.63) is 83.1 Å². The fourth-order valence-corrected chi connectivity index (χ4v) is 4.21. The van der Waals surface area contributed by atoms with Gasteiger partial charge in [-0.05, 0) is 54.3 Å². The second-order valence-corrected chi connectivity index (χ2v) is 8.70. The summed E-state index contributed by atoms with van der Waals surface area (Å²) in [5, 5.41) is 4.93. The molecule has 0 bridgehead atoms. The predicted octanol–water partition coefficient (Wildman–Crippen LogP) is 3.97. The quantitative estimate of drug-likeness (QED) is 0.547. The predicted molar refractivity (Wildman–Crippen MR) is 124 cm³/mol. The number of carbonyl (C=O) groups is 2. The summed E-state index contributed by atoms with van der Waals surface area (Å²) >= 11 is 5.95. The lowest BCUT2D eigenvalue weighted by Crippen LogP contribution is -2.46. The molecule has 2 heterocycles. The van der Waals surface area contributed by atoms with Gasteiger partial charge in [-0.1, -0.05) is 35.9 Å². The van der Waals surface area contributed by atoms with Gasteiger partial charge in [0.05, 0.1) is 11.6 Å². The number of nitrogens with zero attached hydrogens (tertiary/aromatic N) is 4. The lowest BCUT2D eigenvalue weighted by molar-refractivity contribution is -0.142. The maximum absolute atomic E-state index is 13.1. The zero-order valence-electron chi connectivity index (χ0n) is 18.2. The molecular formula is C25H27ClN4O2. The molecule has 1 fully saturated rings. The molecule has 0 aliphatic carbocycles. The van der Waals surface area contributed by atoms with E-state index in [0.29, 0.717) is 37.5 Å². The molecule has 7 heteroatoms. The van der Waals surface area contributed by atoms with Crippen LogP contribution in [0.1, 0.15) is 24.0 Å². The number of halogens is 1. The number of hydrogen-bond donors (Lipinski definition) is 0. The summed E-state index contributed by atoms with van der Waals surface area (Å²) in [5.74, 6) is 0.0521. The van der Waals surface area contributed by atoms with E-state index in [-0.39, 0.29) is 17.7 Å². The molecule has 6 nitrogen and oxygen atoms in total. The highest BCUT2D eigenvalue weighted by atomic mass is 35.5. The fraction of sp³-hybridized carbons (Fsp3) is 0.320. The van der Waals surface area contributed by atoms with Gasteiger partial charge in [0, 0.05) is 50.5 Å². The van der Waals surface area contributed by atoms with Crippen molar-refractivity contribution in [1.82, 2.24) is 19.6 Å². The molecule has 1 aliphatic heterocycles. The van der Waals surface area contributed by atoms with Crippen LogP contribution in [-0.2, 0) is 22.6 Å². The standard InChI is InChI=1S/C25H27ClN4O2/c1-28(17-20-5-10-23(11-6-20)30-15-2-14-27-30)25(32)21-7-12-24(31)29(18-21)16-13-19-3-8-22(26)9-4-19/h2-6,8-11,14-15,21H,7,12-13,16-18H2,1H3. The van der Waals surface area contributed by atoms with Crippen LogP contribution >= 0.6 is 11.6 Å². The summed E-state index contributed by atoms with van der Waals surface area (Å²) in [7, 11) is 1.83. The lowest BCUT2D eigenvalue weighted by Gasteiger charge is -2.34. The number of carbonyl (C=O) groups excluding carboxylic acids is 2. The second-order valence-electron chi connectivity index (χ2n) is 8.26. The van der Waals surface area contributed by atoms with Gasteiger partial charge < -0.3 is 9.80 Å². The molecule has 0 saturated carbocycles. The van der Waals surface area contributed by atoms with Crippen molar-refractivity contribution in [1.29, 1.82) is 0 Å². The highest BCUT2D eigenvalue weighted by molar-refractivity contribution is 6.30. The molecule has 1 aromatic heterocycles. The van der Waals surface area contributed by atoms with E-state index in [9.17, 15) is 9.59 Å². The van der Waals surface area contributed by atoms with E-state index in [0.717, 1.165) is 23.2 Å². The average Bonchev–Trinajstić information content (AvgIpc) is 3.34. The van der Waals surface area contributed by atoms with E-state index >= 15 is 0 Å². The van der Waals surface area contributed by atoms with Crippen LogP contribution in [0.25, 0.3) is 5.69 Å². The molecule has 2 aromatic carbocycles. The first-order chi connectivity index (χ1) is 15.5. The number of hydrogen-bond acceptors (Lipinski definition) is 3. The summed E-state index contributed by atoms with van der Waals surface area (Å²) < 4.78 is 1.80. The number of piperidine rings is 1. The third-order valence-corrected chi connectivity index (χ3v) is 6.19. The monoisotopic (exact) mass is 450 g/mol. The molecule has 0 spiro atoms. The van der Waals surface area contributed by atoms with Crippen molar-refractivity contribution in [2.45, 2.75) is 25.8 Å². The minimum Gasteiger partial charge on any atom is -0.342 e. The number of likely N-dealkylation sites (tertiary alicyclic amines) is 1. The minimum absolute atomic E-state index is 0.0881. The highest BCUT2D eigenvalue weighted by Gasteiger charge is 2.31. The molecular weight excluding hydrogens is 424 g/mol. The zero-order valence-corrected chi connectivity index (χ0v) is 18.9. The van der Waals surface area contributed by atoms with Crippen LogP contribution in [-0.4, -0.2) is 51.5 Å². The van der Waals surface area contributed by atoms with Crippen molar-refractivity contribution in [2.24, 2.45) is 5.92 Å². The topological polar surface area (TPSA) is 58.4 Å². The molecule has 1 aliphatic rings. The third kappa shape index (κ3) is 5.37. The van der Waals surface area contributed by atoms with Gasteiger partial charge in [0.1, 0.15) is 0 Å². The Bertz CT molecular complexity index is 1050. The molecule has 166 valence electrons. The number of amides is 2. The molecule has 32 heavy (non-hydrogen) atoms. The van der Waals surface area contributed by atoms with Gasteiger partial charge in [0.15, 0.2) is 0 Å². The van der Waals surface area contributed by atoms with Gasteiger partial charge in [-0.3, -0.25) is 9.59 Å². The van der Waals surface area contributed by atoms with E-state index in [2.05, 4.69) is 5.10 Å². The van der Waals surface area contributed by atoms with E-state index < -0.39 is 0 Å². The Kier molecular flexibility index (Phi) is 6.90. The molecule has 1 unspecified atom stereocenters. The first-order valence-electron chi connectivity index (χ1n) is 10.9. The first kappa shape index (κ1) is 22.1. The Hall–Kier alpha value is -3.12. The van der Waals surface area contributed by atoms with Crippen molar-refractivity contribution < 1.29 is 9.59 Å². The first-order valence-corrected chi connectivity index (χ1v) is 11.2. The Labute approximate surface area is 193 Å². The SMILES string of the molecule is CN(Cc1ccc(-n2cccn2)cc1)C(=O)C1CCC(=O)N(CCc2ccc(Cl)cc2)C1. The minimum atomic E-state index is -0.161. The van der Waals surface area contributed by atoms with Gasteiger partial charge in [-0.2, -0.15) is 5.10 Å². The summed E-state index contributed by atoms with van der Waals surface area (Å²) in [6, 6.07) is 17.6. The van der Waals surface area contributed by atoms with Crippen LogP contribution in [0.2, 0.25) is 5.02 Å². The number of benzene rings is 2. The van der Waals surface area contributed by atoms with Crippen molar-refractivity contribution in [3.8, 4) is 5.69 Å². The largest absolute Gasteiger partial charge is 0.342 e. The van der Waals surface area contributed by atoms with Crippen LogP contribution in [0.15, 0.2) is 67.0 Å². The summed E-state index contributed by atoms with van der Waals surface area (Å²) in [5.41, 5.74) is 3.17.